The number of nitrogens with zero attached hydrogens (tertiary/aromatic N) is 1. The maximum atomic E-state index is 12.7. The molecule has 0 saturated carbocycles. The largest absolute Gasteiger partial charge is 0.493 e. The molecule has 0 aliphatic carbocycles. The number of rotatable bonds is 6. The van der Waals surface area contributed by atoms with Crippen LogP contribution in [0.1, 0.15) is 21.5 Å². The van der Waals surface area contributed by atoms with Crippen molar-refractivity contribution in [3.8, 4) is 5.75 Å². The molecule has 13 heteroatoms. The average Bonchev–Trinajstić information content (AvgIpc) is 2.71. The molecule has 0 aromatic heterocycles. The lowest BCUT2D eigenvalue weighted by Gasteiger charge is -2.22. The van der Waals surface area contributed by atoms with E-state index >= 15 is 0 Å². The summed E-state index contributed by atoms with van der Waals surface area (Å²) in [6.45, 7) is -1.15. The van der Waals surface area contributed by atoms with Gasteiger partial charge in [0, 0.05) is 11.1 Å². The van der Waals surface area contributed by atoms with Gasteiger partial charge in [-0.1, -0.05) is 12.1 Å². The average molecular weight is 463 g/mol. The smallest absolute Gasteiger partial charge is 0.492 e. The summed E-state index contributed by atoms with van der Waals surface area (Å²) in [5.74, 6) is -4.11. The number of ether oxygens (including phenoxy) is 1. The van der Waals surface area contributed by atoms with Gasteiger partial charge in [-0.25, -0.2) is 4.79 Å². The summed E-state index contributed by atoms with van der Waals surface area (Å²) in [4.78, 5) is 27.7. The zero-order valence-electron chi connectivity index (χ0n) is 16.0. The first-order valence-corrected chi connectivity index (χ1v) is 8.64. The maximum absolute atomic E-state index is 12.7. The molecule has 0 aliphatic heterocycles. The summed E-state index contributed by atoms with van der Waals surface area (Å²) < 4.78 is 81.0. The van der Waals surface area contributed by atoms with Crippen LogP contribution in [0.4, 0.5) is 26.3 Å². The molecule has 0 unspecified atom stereocenters. The van der Waals surface area contributed by atoms with E-state index in [1.807, 2.05) is 0 Å². The molecule has 0 saturated heterocycles. The maximum Gasteiger partial charge on any atom is 0.493 e. The van der Waals surface area contributed by atoms with E-state index in [2.05, 4.69) is 4.84 Å². The van der Waals surface area contributed by atoms with E-state index in [0.29, 0.717) is 17.7 Å². The quantitative estimate of drug-likeness (QED) is 0.295. The molecule has 0 atom stereocenters. The number of halogens is 6. The SMILES string of the molecule is N=C(N)c1cccc(OCCN(OC(=O)C(F)(F)F)C(=O)c2ccc(C(F)(F)F)cc2)c1. The molecule has 0 spiro atoms. The number of alkyl halides is 6. The van der Waals surface area contributed by atoms with Crippen molar-refractivity contribution in [1.29, 1.82) is 5.41 Å². The number of amides is 1. The number of hydrogen-bond donors (Lipinski definition) is 2. The van der Waals surface area contributed by atoms with Gasteiger partial charge in [-0.2, -0.15) is 31.4 Å². The first-order chi connectivity index (χ1) is 14.8. The number of carbonyl (C=O) groups is 2. The van der Waals surface area contributed by atoms with Gasteiger partial charge in [0.05, 0.1) is 12.1 Å². The fourth-order valence-corrected chi connectivity index (χ4v) is 2.29. The Morgan fingerprint density at radius 2 is 1.59 bits per heavy atom. The van der Waals surface area contributed by atoms with Crippen LogP contribution in [0.3, 0.4) is 0 Å². The molecule has 0 heterocycles. The van der Waals surface area contributed by atoms with Gasteiger partial charge >= 0.3 is 18.3 Å². The van der Waals surface area contributed by atoms with E-state index in [4.69, 9.17) is 15.9 Å². The van der Waals surface area contributed by atoms with Crippen molar-refractivity contribution >= 4 is 17.7 Å². The molecule has 2 aromatic rings. The van der Waals surface area contributed by atoms with Gasteiger partial charge in [0.1, 0.15) is 18.2 Å². The van der Waals surface area contributed by atoms with Crippen LogP contribution in [0.15, 0.2) is 48.5 Å². The number of carbonyl (C=O) groups excluding carboxylic acids is 2. The highest BCUT2D eigenvalue weighted by Crippen LogP contribution is 2.29. The van der Waals surface area contributed by atoms with E-state index in [9.17, 15) is 35.9 Å². The van der Waals surface area contributed by atoms with Gasteiger partial charge in [0.15, 0.2) is 0 Å². The van der Waals surface area contributed by atoms with Crippen LogP contribution in [-0.4, -0.2) is 42.1 Å². The fraction of sp³-hybridized carbons (Fsp3) is 0.211. The molecular formula is C19H15F6N3O4. The highest BCUT2D eigenvalue weighted by Gasteiger charge is 2.43. The van der Waals surface area contributed by atoms with Gasteiger partial charge in [-0.15, -0.1) is 0 Å². The zero-order valence-corrected chi connectivity index (χ0v) is 16.0. The molecule has 0 aliphatic rings. The topological polar surface area (TPSA) is 106 Å². The fourth-order valence-electron chi connectivity index (χ4n) is 2.29. The molecular weight excluding hydrogens is 448 g/mol. The molecule has 3 N–H and O–H groups in total. The van der Waals surface area contributed by atoms with E-state index in [1.54, 1.807) is 0 Å². The van der Waals surface area contributed by atoms with Gasteiger partial charge in [-0.05, 0) is 36.4 Å². The molecule has 32 heavy (non-hydrogen) atoms. The lowest BCUT2D eigenvalue weighted by Crippen LogP contribution is -2.40. The van der Waals surface area contributed by atoms with Gasteiger partial charge in [-0.3, -0.25) is 10.2 Å². The zero-order chi connectivity index (χ0) is 24.1. The summed E-state index contributed by atoms with van der Waals surface area (Å²) in [7, 11) is 0. The molecule has 172 valence electrons. The first kappa shape index (κ1) is 24.5. The second kappa shape index (κ2) is 9.58. The molecule has 0 bridgehead atoms. The van der Waals surface area contributed by atoms with Crippen molar-refractivity contribution < 1.29 is 45.5 Å². The van der Waals surface area contributed by atoms with Gasteiger partial charge in [0.25, 0.3) is 5.91 Å². The van der Waals surface area contributed by atoms with Crippen molar-refractivity contribution in [2.45, 2.75) is 12.4 Å². The Balaban J connectivity index is 2.16. The third kappa shape index (κ3) is 6.62. The molecule has 2 rings (SSSR count). The second-order valence-electron chi connectivity index (χ2n) is 6.15. The Labute approximate surface area is 176 Å². The van der Waals surface area contributed by atoms with Crippen LogP contribution in [-0.2, 0) is 15.8 Å². The Bertz CT molecular complexity index is 990. The summed E-state index contributed by atoms with van der Waals surface area (Å²) in [6, 6.07) is 8.36. The van der Waals surface area contributed by atoms with Gasteiger partial charge < -0.3 is 15.3 Å². The third-order valence-electron chi connectivity index (χ3n) is 3.82. The van der Waals surface area contributed by atoms with Crippen LogP contribution >= 0.6 is 0 Å². The Hall–Kier alpha value is -3.77. The number of nitrogens with two attached hydrogens (primary N) is 1. The number of hydroxylamine groups is 2. The van der Waals surface area contributed by atoms with E-state index < -0.39 is 48.5 Å². The monoisotopic (exact) mass is 463 g/mol. The van der Waals surface area contributed by atoms with E-state index in [-0.39, 0.29) is 16.6 Å². The number of nitrogens with one attached hydrogen (secondary N) is 1. The number of hydrogen-bond acceptors (Lipinski definition) is 5. The normalized spacial score (nSPS) is 11.6. The van der Waals surface area contributed by atoms with Crippen LogP contribution in [0, 0.1) is 5.41 Å². The van der Waals surface area contributed by atoms with Crippen LogP contribution < -0.4 is 10.5 Å². The minimum atomic E-state index is -5.42. The van der Waals surface area contributed by atoms with Crippen molar-refractivity contribution in [1.82, 2.24) is 5.06 Å². The highest BCUT2D eigenvalue weighted by molar-refractivity contribution is 5.95. The molecule has 0 radical (unpaired) electrons. The predicted molar refractivity (Wildman–Crippen MR) is 97.6 cm³/mol. The first-order valence-electron chi connectivity index (χ1n) is 8.64. The summed E-state index contributed by atoms with van der Waals surface area (Å²) >= 11 is 0. The highest BCUT2D eigenvalue weighted by atomic mass is 19.4. The molecule has 7 nitrogen and oxygen atoms in total. The lowest BCUT2D eigenvalue weighted by molar-refractivity contribution is -0.229. The minimum absolute atomic E-state index is 0.0350. The summed E-state index contributed by atoms with van der Waals surface area (Å²) in [5.41, 5.74) is 4.10. The predicted octanol–water partition coefficient (Wildman–Crippen LogP) is 3.53. The van der Waals surface area contributed by atoms with Crippen molar-refractivity contribution in [3.05, 3.63) is 65.2 Å². The van der Waals surface area contributed by atoms with Crippen LogP contribution in [0.25, 0.3) is 0 Å². The Morgan fingerprint density at radius 1 is 0.969 bits per heavy atom. The number of nitrogen functional groups attached to an aromatic ring is 1. The molecule has 0 fully saturated rings. The number of benzene rings is 2. The molecule has 2 aromatic carbocycles. The Morgan fingerprint density at radius 3 is 2.12 bits per heavy atom. The molecule has 1 amide bonds. The summed E-state index contributed by atoms with van der Waals surface area (Å²) in [5, 5.41) is 7.39. The van der Waals surface area contributed by atoms with Crippen molar-refractivity contribution in [2.75, 3.05) is 13.2 Å². The minimum Gasteiger partial charge on any atom is -0.492 e. The number of amidine groups is 1. The van der Waals surface area contributed by atoms with E-state index in [1.165, 1.54) is 24.3 Å². The van der Waals surface area contributed by atoms with Crippen molar-refractivity contribution in [3.63, 3.8) is 0 Å². The summed E-state index contributed by atoms with van der Waals surface area (Å²) in [6.07, 6.45) is -10.1. The third-order valence-corrected chi connectivity index (χ3v) is 3.82. The lowest BCUT2D eigenvalue weighted by atomic mass is 10.1. The standard InChI is InChI=1S/C19H15F6N3O4/c20-18(21,22)13-6-4-11(5-7-13)16(29)28(32-17(30)19(23,24)25)8-9-31-14-3-1-2-12(10-14)15(26)27/h1-7,10H,8-9H2,(H3,26,27). The van der Waals surface area contributed by atoms with Crippen LogP contribution in [0.5, 0.6) is 5.75 Å². The second-order valence-corrected chi connectivity index (χ2v) is 6.15. The van der Waals surface area contributed by atoms with Gasteiger partial charge in [0.2, 0.25) is 0 Å². The van der Waals surface area contributed by atoms with Crippen molar-refractivity contribution in [2.24, 2.45) is 5.73 Å². The van der Waals surface area contributed by atoms with E-state index in [0.717, 1.165) is 12.1 Å². The Kier molecular flexibility index (Phi) is 7.33. The van der Waals surface area contributed by atoms with Crippen LogP contribution in [0.2, 0.25) is 0 Å².